The third-order valence-electron chi connectivity index (χ3n) is 3.82. The number of hydrogen-bond donors (Lipinski definition) is 2. The highest BCUT2D eigenvalue weighted by Gasteiger charge is 2.25. The zero-order chi connectivity index (χ0) is 14.8. The van der Waals surface area contributed by atoms with Crippen LogP contribution in [0.25, 0.3) is 10.9 Å². The predicted molar refractivity (Wildman–Crippen MR) is 77.9 cm³/mol. The number of aromatic nitrogens is 1. The monoisotopic (exact) mass is 287 g/mol. The fraction of sp³-hybridized carbons (Fsp3) is 0.333. The lowest BCUT2D eigenvalue weighted by molar-refractivity contribution is -0.135. The molecule has 1 aliphatic heterocycles. The SMILES string of the molecule is O=C(CO)N1CCN(C(=O)c2cc3ccccc3[nH]2)CC1. The van der Waals surface area contributed by atoms with Crippen molar-refractivity contribution in [2.45, 2.75) is 0 Å². The number of nitrogens with zero attached hydrogens (tertiary/aromatic N) is 2. The van der Waals surface area contributed by atoms with E-state index in [-0.39, 0.29) is 11.8 Å². The van der Waals surface area contributed by atoms with E-state index in [1.54, 1.807) is 9.80 Å². The lowest BCUT2D eigenvalue weighted by Gasteiger charge is -2.34. The number of hydrogen-bond acceptors (Lipinski definition) is 3. The third kappa shape index (κ3) is 2.62. The van der Waals surface area contributed by atoms with Gasteiger partial charge in [-0.05, 0) is 12.1 Å². The van der Waals surface area contributed by atoms with Gasteiger partial charge in [0.1, 0.15) is 12.3 Å². The van der Waals surface area contributed by atoms with Crippen molar-refractivity contribution < 1.29 is 14.7 Å². The topological polar surface area (TPSA) is 76.6 Å². The average Bonchev–Trinajstić information content (AvgIpc) is 2.97. The van der Waals surface area contributed by atoms with E-state index in [0.717, 1.165) is 10.9 Å². The number of carbonyl (C=O) groups is 2. The summed E-state index contributed by atoms with van der Waals surface area (Å²) in [6.07, 6.45) is 0. The summed E-state index contributed by atoms with van der Waals surface area (Å²) in [4.78, 5) is 30.3. The summed E-state index contributed by atoms with van der Waals surface area (Å²) in [5, 5.41) is 9.85. The molecule has 0 atom stereocenters. The number of para-hydroxylation sites is 1. The smallest absolute Gasteiger partial charge is 0.270 e. The van der Waals surface area contributed by atoms with Crippen LogP contribution in [0.3, 0.4) is 0 Å². The summed E-state index contributed by atoms with van der Waals surface area (Å²) in [5.41, 5.74) is 1.51. The number of benzene rings is 1. The molecule has 1 aromatic heterocycles. The number of aliphatic hydroxyl groups excluding tert-OH is 1. The molecule has 2 amide bonds. The Bertz CT molecular complexity index is 639. The number of amides is 2. The molecule has 0 unspecified atom stereocenters. The Morgan fingerprint density at radius 2 is 1.76 bits per heavy atom. The van der Waals surface area contributed by atoms with E-state index < -0.39 is 6.61 Å². The Hall–Kier alpha value is -2.34. The van der Waals surface area contributed by atoms with Crippen molar-refractivity contribution in [3.8, 4) is 0 Å². The molecular weight excluding hydrogens is 270 g/mol. The van der Waals surface area contributed by atoms with Crippen LogP contribution in [-0.4, -0.2) is 64.5 Å². The predicted octanol–water partition coefficient (Wildman–Crippen LogP) is 0.445. The molecule has 1 saturated heterocycles. The van der Waals surface area contributed by atoms with Gasteiger partial charge in [0.15, 0.2) is 0 Å². The van der Waals surface area contributed by atoms with E-state index in [9.17, 15) is 9.59 Å². The molecule has 0 saturated carbocycles. The minimum Gasteiger partial charge on any atom is -0.387 e. The van der Waals surface area contributed by atoms with E-state index in [1.165, 1.54) is 0 Å². The molecule has 3 rings (SSSR count). The van der Waals surface area contributed by atoms with Crippen LogP contribution in [0.1, 0.15) is 10.5 Å². The van der Waals surface area contributed by atoms with Crippen molar-refractivity contribution in [3.63, 3.8) is 0 Å². The van der Waals surface area contributed by atoms with Crippen LogP contribution in [-0.2, 0) is 4.79 Å². The maximum atomic E-state index is 12.5. The normalized spacial score (nSPS) is 15.5. The summed E-state index contributed by atoms with van der Waals surface area (Å²) in [6, 6.07) is 9.60. The summed E-state index contributed by atoms with van der Waals surface area (Å²) in [7, 11) is 0. The van der Waals surface area contributed by atoms with E-state index in [4.69, 9.17) is 5.11 Å². The molecule has 1 fully saturated rings. The lowest BCUT2D eigenvalue weighted by atomic mass is 10.2. The molecular formula is C15H17N3O3. The molecule has 2 heterocycles. The van der Waals surface area contributed by atoms with Crippen LogP contribution in [0, 0.1) is 0 Å². The van der Waals surface area contributed by atoms with Gasteiger partial charge in [0.2, 0.25) is 5.91 Å². The highest BCUT2D eigenvalue weighted by Crippen LogP contribution is 2.16. The van der Waals surface area contributed by atoms with E-state index in [0.29, 0.717) is 31.9 Å². The second-order valence-corrected chi connectivity index (χ2v) is 5.10. The van der Waals surface area contributed by atoms with Crippen molar-refractivity contribution >= 4 is 22.7 Å². The van der Waals surface area contributed by atoms with E-state index >= 15 is 0 Å². The van der Waals surface area contributed by atoms with Crippen LogP contribution < -0.4 is 0 Å². The van der Waals surface area contributed by atoms with Crippen molar-refractivity contribution in [1.82, 2.24) is 14.8 Å². The largest absolute Gasteiger partial charge is 0.387 e. The zero-order valence-corrected chi connectivity index (χ0v) is 11.6. The van der Waals surface area contributed by atoms with Crippen molar-refractivity contribution in [1.29, 1.82) is 0 Å². The Kier molecular flexibility index (Phi) is 3.62. The summed E-state index contributed by atoms with van der Waals surface area (Å²) in [5.74, 6) is -0.338. The first-order valence-electron chi connectivity index (χ1n) is 6.94. The van der Waals surface area contributed by atoms with Gasteiger partial charge >= 0.3 is 0 Å². The molecule has 0 bridgehead atoms. The molecule has 6 heteroatoms. The zero-order valence-electron chi connectivity index (χ0n) is 11.6. The maximum Gasteiger partial charge on any atom is 0.270 e. The van der Waals surface area contributed by atoms with Gasteiger partial charge in [0.25, 0.3) is 5.91 Å². The third-order valence-corrected chi connectivity index (χ3v) is 3.82. The Morgan fingerprint density at radius 1 is 1.10 bits per heavy atom. The fourth-order valence-corrected chi connectivity index (χ4v) is 2.62. The van der Waals surface area contributed by atoms with Gasteiger partial charge in [0.05, 0.1) is 0 Å². The number of fused-ring (bicyclic) bond motifs is 1. The van der Waals surface area contributed by atoms with Crippen molar-refractivity contribution in [2.24, 2.45) is 0 Å². The highest BCUT2D eigenvalue weighted by atomic mass is 16.3. The molecule has 1 aliphatic rings. The highest BCUT2D eigenvalue weighted by molar-refractivity contribution is 5.98. The van der Waals surface area contributed by atoms with E-state index in [1.807, 2.05) is 30.3 Å². The minimum absolute atomic E-state index is 0.0534. The summed E-state index contributed by atoms with van der Waals surface area (Å²) < 4.78 is 0. The molecule has 6 nitrogen and oxygen atoms in total. The van der Waals surface area contributed by atoms with Gasteiger partial charge in [0, 0.05) is 37.1 Å². The number of aliphatic hydroxyl groups is 1. The number of rotatable bonds is 2. The molecule has 2 N–H and O–H groups in total. The standard InChI is InChI=1S/C15H17N3O3/c19-10-14(20)17-5-7-18(8-6-17)15(21)13-9-11-3-1-2-4-12(11)16-13/h1-4,9,16,19H,5-8,10H2. The molecule has 2 aromatic rings. The van der Waals surface area contributed by atoms with Gasteiger partial charge in [-0.25, -0.2) is 0 Å². The molecule has 0 aliphatic carbocycles. The van der Waals surface area contributed by atoms with Gasteiger partial charge in [-0.2, -0.15) is 0 Å². The quantitative estimate of drug-likeness (QED) is 0.841. The molecule has 1 aromatic carbocycles. The minimum atomic E-state index is -0.476. The van der Waals surface area contributed by atoms with Crippen LogP contribution >= 0.6 is 0 Å². The van der Waals surface area contributed by atoms with Crippen molar-refractivity contribution in [2.75, 3.05) is 32.8 Å². The fourth-order valence-electron chi connectivity index (χ4n) is 2.62. The number of nitrogens with one attached hydrogen (secondary N) is 1. The van der Waals surface area contributed by atoms with Gasteiger partial charge in [-0.1, -0.05) is 18.2 Å². The number of H-pyrrole nitrogens is 1. The Morgan fingerprint density at radius 3 is 2.43 bits per heavy atom. The van der Waals surface area contributed by atoms with Crippen LogP contribution in [0.5, 0.6) is 0 Å². The first-order valence-corrected chi connectivity index (χ1v) is 6.94. The van der Waals surface area contributed by atoms with Gasteiger partial charge in [-0.15, -0.1) is 0 Å². The second-order valence-electron chi connectivity index (χ2n) is 5.10. The molecule has 0 spiro atoms. The summed E-state index contributed by atoms with van der Waals surface area (Å²) in [6.45, 7) is 1.42. The van der Waals surface area contributed by atoms with Crippen LogP contribution in [0.15, 0.2) is 30.3 Å². The molecule has 0 radical (unpaired) electrons. The van der Waals surface area contributed by atoms with Crippen LogP contribution in [0.4, 0.5) is 0 Å². The number of piperazine rings is 1. The number of carbonyl (C=O) groups excluding carboxylic acids is 2. The molecule has 21 heavy (non-hydrogen) atoms. The number of aromatic amines is 1. The van der Waals surface area contributed by atoms with Crippen molar-refractivity contribution in [3.05, 3.63) is 36.0 Å². The van der Waals surface area contributed by atoms with Gasteiger partial charge < -0.3 is 19.9 Å². The lowest BCUT2D eigenvalue weighted by Crippen LogP contribution is -2.51. The maximum absolute atomic E-state index is 12.5. The second kappa shape index (κ2) is 5.57. The first kappa shape index (κ1) is 13.6. The van der Waals surface area contributed by atoms with Gasteiger partial charge in [-0.3, -0.25) is 9.59 Å². The first-order chi connectivity index (χ1) is 10.2. The van der Waals surface area contributed by atoms with E-state index in [2.05, 4.69) is 4.98 Å². The summed E-state index contributed by atoms with van der Waals surface area (Å²) >= 11 is 0. The Labute approximate surface area is 122 Å². The Balaban J connectivity index is 1.70. The average molecular weight is 287 g/mol. The van der Waals surface area contributed by atoms with Crippen LogP contribution in [0.2, 0.25) is 0 Å². The molecule has 110 valence electrons.